The van der Waals surface area contributed by atoms with E-state index in [1.165, 1.54) is 27.5 Å². The molecule has 0 saturated carbocycles. The molecule has 2 aromatic carbocycles. The van der Waals surface area contributed by atoms with Gasteiger partial charge in [0.05, 0.1) is 0 Å². The first-order valence-electron chi connectivity index (χ1n) is 5.62. The lowest BCUT2D eigenvalue weighted by atomic mass is 9.91. The summed E-state index contributed by atoms with van der Waals surface area (Å²) in [4.78, 5) is 0. The van der Waals surface area contributed by atoms with E-state index in [2.05, 4.69) is 56.0 Å². The second-order valence-corrected chi connectivity index (χ2v) is 4.50. The summed E-state index contributed by atoms with van der Waals surface area (Å²) in [6, 6.07) is 13.1. The van der Waals surface area contributed by atoms with E-state index in [4.69, 9.17) is 0 Å². The fourth-order valence-electron chi connectivity index (χ4n) is 2.32. The highest BCUT2D eigenvalue weighted by Gasteiger charge is 2.08. The van der Waals surface area contributed by atoms with Crippen molar-refractivity contribution in [2.45, 2.75) is 13.3 Å². The van der Waals surface area contributed by atoms with Crippen LogP contribution in [0, 0.1) is 6.92 Å². The molecular formula is C16H14. The molecule has 16 heavy (non-hydrogen) atoms. The normalized spacial score (nSPS) is 12.6. The fraction of sp³-hybridized carbons (Fsp3) is 0.125. The van der Waals surface area contributed by atoms with Crippen molar-refractivity contribution in [2.75, 3.05) is 0 Å². The lowest BCUT2D eigenvalue weighted by Gasteiger charge is -2.13. The average molecular weight is 206 g/mol. The third-order valence-electron chi connectivity index (χ3n) is 3.34. The molecule has 1 aliphatic carbocycles. The van der Waals surface area contributed by atoms with Crippen LogP contribution in [0.5, 0.6) is 0 Å². The van der Waals surface area contributed by atoms with E-state index in [-0.39, 0.29) is 0 Å². The van der Waals surface area contributed by atoms with Crippen molar-refractivity contribution < 1.29 is 0 Å². The summed E-state index contributed by atoms with van der Waals surface area (Å²) in [6.45, 7) is 6.19. The van der Waals surface area contributed by atoms with E-state index in [1.807, 2.05) is 0 Å². The van der Waals surface area contributed by atoms with E-state index in [0.717, 1.165) is 11.6 Å². The molecule has 0 aromatic heterocycles. The Bertz CT molecular complexity index is 663. The predicted octanol–water partition coefficient (Wildman–Crippen LogP) is 2.14. The largest absolute Gasteiger partial charge is 0.0915 e. The summed E-state index contributed by atoms with van der Waals surface area (Å²) < 4.78 is 0. The molecule has 2 aromatic rings. The van der Waals surface area contributed by atoms with Crippen LogP contribution in [0.1, 0.15) is 22.3 Å². The zero-order valence-corrected chi connectivity index (χ0v) is 9.46. The van der Waals surface area contributed by atoms with Crippen LogP contribution in [0.15, 0.2) is 36.4 Å². The van der Waals surface area contributed by atoms with Crippen LogP contribution < -0.4 is 10.4 Å². The van der Waals surface area contributed by atoms with Gasteiger partial charge in [0, 0.05) is 0 Å². The van der Waals surface area contributed by atoms with Crippen LogP contribution in [0.4, 0.5) is 0 Å². The Balaban J connectivity index is 2.34. The maximum absolute atomic E-state index is 4.07. The summed E-state index contributed by atoms with van der Waals surface area (Å²) in [6.07, 6.45) is 3.31. The second kappa shape index (κ2) is 3.34. The Labute approximate surface area is 95.6 Å². The highest BCUT2D eigenvalue weighted by molar-refractivity contribution is 5.59. The van der Waals surface area contributed by atoms with Gasteiger partial charge in [-0.1, -0.05) is 43.0 Å². The van der Waals surface area contributed by atoms with E-state index in [0.29, 0.717) is 0 Å². The van der Waals surface area contributed by atoms with Crippen LogP contribution >= 0.6 is 0 Å². The maximum atomic E-state index is 4.07. The molecule has 3 rings (SSSR count). The highest BCUT2D eigenvalue weighted by Crippen LogP contribution is 2.16. The molecule has 0 heteroatoms. The lowest BCUT2D eigenvalue weighted by molar-refractivity contribution is 1.13. The third-order valence-corrected chi connectivity index (χ3v) is 3.34. The molecule has 0 spiro atoms. The smallest absolute Gasteiger partial charge is 0.00137 e. The minimum atomic E-state index is 1.03. The maximum Gasteiger partial charge on any atom is -0.00137 e. The molecule has 0 aliphatic heterocycles. The van der Waals surface area contributed by atoms with Crippen molar-refractivity contribution >= 4 is 12.7 Å². The standard InChI is InChI=1S/C16H14/c1-11-7-15-9-13-5-3-4-6-14(13)10-16(15)8-12(11)2/h3-8,10H,1,9H2,2H3. The van der Waals surface area contributed by atoms with Gasteiger partial charge >= 0.3 is 0 Å². The molecule has 0 nitrogen and oxygen atoms in total. The van der Waals surface area contributed by atoms with Gasteiger partial charge in [-0.2, -0.15) is 0 Å². The monoisotopic (exact) mass is 206 g/mol. The van der Waals surface area contributed by atoms with E-state index in [1.54, 1.807) is 0 Å². The first-order valence-corrected chi connectivity index (χ1v) is 5.62. The molecule has 0 amide bonds. The van der Waals surface area contributed by atoms with Gasteiger partial charge in [-0.3, -0.25) is 0 Å². The predicted molar refractivity (Wildman–Crippen MR) is 68.8 cm³/mol. The molecule has 0 heterocycles. The van der Waals surface area contributed by atoms with Gasteiger partial charge in [0.2, 0.25) is 0 Å². The van der Waals surface area contributed by atoms with Crippen LogP contribution in [0.3, 0.4) is 0 Å². The van der Waals surface area contributed by atoms with Crippen molar-refractivity contribution in [2.24, 2.45) is 0 Å². The lowest BCUT2D eigenvalue weighted by Crippen LogP contribution is -2.20. The van der Waals surface area contributed by atoms with Gasteiger partial charge in [0.25, 0.3) is 0 Å². The fourth-order valence-corrected chi connectivity index (χ4v) is 2.32. The van der Waals surface area contributed by atoms with Gasteiger partial charge in [0.15, 0.2) is 0 Å². The molecule has 1 aliphatic rings. The summed E-state index contributed by atoms with van der Waals surface area (Å²) in [5.41, 5.74) is 5.44. The SMILES string of the molecule is C=c1cc2c(cc1C)=Cc1ccccc1C2. The quantitative estimate of drug-likeness (QED) is 0.528. The Morgan fingerprint density at radius 3 is 2.75 bits per heavy atom. The molecule has 0 bridgehead atoms. The first-order chi connectivity index (χ1) is 7.74. The molecule has 78 valence electrons. The zero-order chi connectivity index (χ0) is 11.1. The minimum Gasteiger partial charge on any atom is -0.0915 e. The number of aryl methyl sites for hydroxylation is 1. The van der Waals surface area contributed by atoms with Gasteiger partial charge in [-0.25, -0.2) is 0 Å². The average Bonchev–Trinajstić information content (AvgIpc) is 2.28. The first kappa shape index (κ1) is 9.41. The summed E-state index contributed by atoms with van der Waals surface area (Å²) in [5, 5.41) is 2.50. The molecule has 0 N–H and O–H groups in total. The van der Waals surface area contributed by atoms with Crippen molar-refractivity contribution in [3.63, 3.8) is 0 Å². The topological polar surface area (TPSA) is 0 Å². The molecule has 0 atom stereocenters. The van der Waals surface area contributed by atoms with Crippen molar-refractivity contribution in [1.82, 2.24) is 0 Å². The summed E-state index contributed by atoms with van der Waals surface area (Å²) in [5.74, 6) is 0. The highest BCUT2D eigenvalue weighted by atomic mass is 14.1. The van der Waals surface area contributed by atoms with Gasteiger partial charge in [-0.15, -0.1) is 0 Å². The van der Waals surface area contributed by atoms with Gasteiger partial charge in [-0.05, 0) is 52.1 Å². The van der Waals surface area contributed by atoms with Crippen LogP contribution in [-0.4, -0.2) is 0 Å². The second-order valence-electron chi connectivity index (χ2n) is 4.50. The van der Waals surface area contributed by atoms with E-state index in [9.17, 15) is 0 Å². The van der Waals surface area contributed by atoms with Crippen molar-refractivity contribution in [1.29, 1.82) is 0 Å². The van der Waals surface area contributed by atoms with E-state index >= 15 is 0 Å². The van der Waals surface area contributed by atoms with Crippen LogP contribution in [0.25, 0.3) is 12.7 Å². The Kier molecular flexibility index (Phi) is 1.97. The molecule has 0 radical (unpaired) electrons. The minimum absolute atomic E-state index is 1.03. The van der Waals surface area contributed by atoms with Crippen LogP contribution in [-0.2, 0) is 6.42 Å². The van der Waals surface area contributed by atoms with Crippen molar-refractivity contribution in [3.8, 4) is 0 Å². The molecule has 0 unspecified atom stereocenters. The number of fused-ring (bicyclic) bond motifs is 2. The van der Waals surface area contributed by atoms with Gasteiger partial charge < -0.3 is 0 Å². The van der Waals surface area contributed by atoms with Crippen LogP contribution in [0.2, 0.25) is 0 Å². The number of benzene rings is 2. The molecule has 0 fully saturated rings. The Morgan fingerprint density at radius 2 is 1.88 bits per heavy atom. The Morgan fingerprint density at radius 1 is 1.06 bits per heavy atom. The Hall–Kier alpha value is -1.82. The molecular weight excluding hydrogens is 192 g/mol. The zero-order valence-electron chi connectivity index (χ0n) is 9.46. The number of hydrogen-bond acceptors (Lipinski definition) is 0. The number of hydrogen-bond donors (Lipinski definition) is 0. The van der Waals surface area contributed by atoms with E-state index < -0.39 is 0 Å². The van der Waals surface area contributed by atoms with Crippen molar-refractivity contribution in [3.05, 3.63) is 69.1 Å². The number of rotatable bonds is 0. The van der Waals surface area contributed by atoms with Gasteiger partial charge in [0.1, 0.15) is 0 Å². The third kappa shape index (κ3) is 1.38. The summed E-state index contributed by atoms with van der Waals surface area (Å²) in [7, 11) is 0. The molecule has 0 saturated heterocycles. The summed E-state index contributed by atoms with van der Waals surface area (Å²) >= 11 is 0.